The quantitative estimate of drug-likeness (QED) is 0.709. The van der Waals surface area contributed by atoms with Crippen LogP contribution >= 0.6 is 0 Å². The zero-order valence-electron chi connectivity index (χ0n) is 7.15. The highest BCUT2D eigenvalue weighted by molar-refractivity contribution is 4.96. The molecule has 1 rings (SSSR count). The van der Waals surface area contributed by atoms with E-state index in [0.29, 0.717) is 6.42 Å². The maximum atomic E-state index is 13.3. The van der Waals surface area contributed by atoms with Crippen molar-refractivity contribution in [2.45, 2.75) is 25.7 Å². The van der Waals surface area contributed by atoms with Gasteiger partial charge in [-0.2, -0.15) is 0 Å². The molecule has 4 heteroatoms. The molecule has 12 heavy (non-hydrogen) atoms. The Morgan fingerprint density at radius 2 is 2.08 bits per heavy atom. The molecular formula is C8H14F2O2. The van der Waals surface area contributed by atoms with E-state index in [9.17, 15) is 8.78 Å². The van der Waals surface area contributed by atoms with Crippen LogP contribution in [0.5, 0.6) is 0 Å². The van der Waals surface area contributed by atoms with Crippen LogP contribution in [0.1, 0.15) is 19.8 Å². The monoisotopic (exact) mass is 180 g/mol. The van der Waals surface area contributed by atoms with Crippen molar-refractivity contribution in [2.24, 2.45) is 5.41 Å². The summed E-state index contributed by atoms with van der Waals surface area (Å²) in [4.78, 5) is 0. The third-order valence-electron chi connectivity index (χ3n) is 2.64. The van der Waals surface area contributed by atoms with Crippen LogP contribution in [0.25, 0.3) is 0 Å². The lowest BCUT2D eigenvalue weighted by atomic mass is 9.75. The predicted molar refractivity (Wildman–Crippen MR) is 40.2 cm³/mol. The third kappa shape index (κ3) is 1.33. The zero-order chi connectivity index (χ0) is 9.24. The SMILES string of the molecule is CCC1(C(F)(F)CCO)COC1. The molecule has 1 aliphatic heterocycles. The first-order valence-electron chi connectivity index (χ1n) is 4.14. The summed E-state index contributed by atoms with van der Waals surface area (Å²) >= 11 is 0. The van der Waals surface area contributed by atoms with E-state index in [0.717, 1.165) is 0 Å². The first-order valence-corrected chi connectivity index (χ1v) is 4.14. The Bertz CT molecular complexity index is 150. The highest BCUT2D eigenvalue weighted by Crippen LogP contribution is 2.47. The fourth-order valence-corrected chi connectivity index (χ4v) is 1.43. The average molecular weight is 180 g/mol. The molecule has 0 radical (unpaired) electrons. The molecule has 1 N–H and O–H groups in total. The van der Waals surface area contributed by atoms with Crippen molar-refractivity contribution in [3.8, 4) is 0 Å². The van der Waals surface area contributed by atoms with Crippen molar-refractivity contribution >= 4 is 0 Å². The summed E-state index contributed by atoms with van der Waals surface area (Å²) in [5.41, 5.74) is -1.00. The van der Waals surface area contributed by atoms with Crippen molar-refractivity contribution in [1.29, 1.82) is 0 Å². The van der Waals surface area contributed by atoms with Crippen molar-refractivity contribution in [1.82, 2.24) is 0 Å². The highest BCUT2D eigenvalue weighted by Gasteiger charge is 2.56. The number of aliphatic hydroxyl groups excluding tert-OH is 1. The molecule has 72 valence electrons. The molecule has 1 fully saturated rings. The van der Waals surface area contributed by atoms with Crippen LogP contribution in [0.2, 0.25) is 0 Å². The number of hydrogen-bond donors (Lipinski definition) is 1. The summed E-state index contributed by atoms with van der Waals surface area (Å²) in [6, 6.07) is 0. The minimum absolute atomic E-state index is 0.122. The Hall–Kier alpha value is -0.220. The van der Waals surface area contributed by atoms with Gasteiger partial charge >= 0.3 is 0 Å². The topological polar surface area (TPSA) is 29.5 Å². The van der Waals surface area contributed by atoms with Gasteiger partial charge in [-0.05, 0) is 6.42 Å². The molecule has 0 saturated carbocycles. The van der Waals surface area contributed by atoms with Crippen LogP contribution in [0.15, 0.2) is 0 Å². The standard InChI is InChI=1S/C8H14F2O2/c1-2-7(5-12-6-7)8(9,10)3-4-11/h11H,2-6H2,1H3. The Morgan fingerprint density at radius 1 is 1.50 bits per heavy atom. The predicted octanol–water partition coefficient (Wildman–Crippen LogP) is 1.43. The highest BCUT2D eigenvalue weighted by atomic mass is 19.3. The Morgan fingerprint density at radius 3 is 2.33 bits per heavy atom. The van der Waals surface area contributed by atoms with E-state index in [1.165, 1.54) is 0 Å². The van der Waals surface area contributed by atoms with Gasteiger partial charge in [0.15, 0.2) is 0 Å². The van der Waals surface area contributed by atoms with Crippen molar-refractivity contribution in [2.75, 3.05) is 19.8 Å². The Kier molecular flexibility index (Phi) is 2.68. The molecule has 0 amide bonds. The normalized spacial score (nSPS) is 22.0. The van der Waals surface area contributed by atoms with Gasteiger partial charge in [-0.1, -0.05) is 6.92 Å². The number of halogens is 2. The fraction of sp³-hybridized carbons (Fsp3) is 1.00. The van der Waals surface area contributed by atoms with Crippen LogP contribution < -0.4 is 0 Å². The Balaban J connectivity index is 2.63. The number of rotatable bonds is 4. The zero-order valence-corrected chi connectivity index (χ0v) is 7.15. The van der Waals surface area contributed by atoms with Crippen LogP contribution in [0, 0.1) is 5.41 Å². The summed E-state index contributed by atoms with van der Waals surface area (Å²) in [7, 11) is 0. The number of aliphatic hydroxyl groups is 1. The van der Waals surface area contributed by atoms with Crippen molar-refractivity contribution in [3.63, 3.8) is 0 Å². The van der Waals surface area contributed by atoms with Gasteiger partial charge in [0.25, 0.3) is 5.92 Å². The second-order valence-corrected chi connectivity index (χ2v) is 3.30. The maximum Gasteiger partial charge on any atom is 0.260 e. The minimum atomic E-state index is -2.78. The second-order valence-electron chi connectivity index (χ2n) is 3.30. The van der Waals surface area contributed by atoms with E-state index in [2.05, 4.69) is 0 Å². The summed E-state index contributed by atoms with van der Waals surface area (Å²) in [6.45, 7) is 1.51. The van der Waals surface area contributed by atoms with Gasteiger partial charge in [0.1, 0.15) is 0 Å². The van der Waals surface area contributed by atoms with Gasteiger partial charge in [-0.15, -0.1) is 0 Å². The fourth-order valence-electron chi connectivity index (χ4n) is 1.43. The van der Waals surface area contributed by atoms with E-state index in [1.54, 1.807) is 6.92 Å². The molecule has 2 nitrogen and oxygen atoms in total. The van der Waals surface area contributed by atoms with Crippen LogP contribution in [-0.4, -0.2) is 30.8 Å². The molecule has 0 aromatic heterocycles. The molecule has 1 aliphatic rings. The van der Waals surface area contributed by atoms with Crippen LogP contribution in [0.3, 0.4) is 0 Å². The Labute approximate surface area is 70.5 Å². The van der Waals surface area contributed by atoms with Gasteiger partial charge in [-0.25, -0.2) is 8.78 Å². The lowest BCUT2D eigenvalue weighted by Crippen LogP contribution is -2.55. The lowest BCUT2D eigenvalue weighted by molar-refractivity contribution is -0.249. The molecule has 0 aromatic rings. The summed E-state index contributed by atoms with van der Waals surface area (Å²) in [5.74, 6) is -2.78. The van der Waals surface area contributed by atoms with Gasteiger partial charge in [-0.3, -0.25) is 0 Å². The summed E-state index contributed by atoms with van der Waals surface area (Å²) in [6.07, 6.45) is -0.0514. The molecule has 1 saturated heterocycles. The lowest BCUT2D eigenvalue weighted by Gasteiger charge is -2.46. The molecule has 0 atom stereocenters. The minimum Gasteiger partial charge on any atom is -0.396 e. The van der Waals surface area contributed by atoms with Crippen molar-refractivity contribution in [3.05, 3.63) is 0 Å². The van der Waals surface area contributed by atoms with E-state index in [1.807, 2.05) is 0 Å². The van der Waals surface area contributed by atoms with E-state index in [4.69, 9.17) is 9.84 Å². The second kappa shape index (κ2) is 3.26. The largest absolute Gasteiger partial charge is 0.396 e. The van der Waals surface area contributed by atoms with Gasteiger partial charge < -0.3 is 9.84 Å². The third-order valence-corrected chi connectivity index (χ3v) is 2.64. The van der Waals surface area contributed by atoms with Crippen molar-refractivity contribution < 1.29 is 18.6 Å². The molecule has 0 unspecified atom stereocenters. The van der Waals surface area contributed by atoms with E-state index >= 15 is 0 Å². The number of hydrogen-bond acceptors (Lipinski definition) is 2. The number of alkyl halides is 2. The van der Waals surface area contributed by atoms with Gasteiger partial charge in [0.05, 0.1) is 18.6 Å². The summed E-state index contributed by atoms with van der Waals surface area (Å²) in [5, 5.41) is 8.46. The smallest absolute Gasteiger partial charge is 0.260 e. The molecule has 0 spiro atoms. The number of ether oxygens (including phenoxy) is 1. The molecule has 0 aliphatic carbocycles. The molecule has 1 heterocycles. The van der Waals surface area contributed by atoms with Gasteiger partial charge in [0.2, 0.25) is 0 Å². The first kappa shape index (κ1) is 9.86. The summed E-state index contributed by atoms with van der Waals surface area (Å²) < 4.78 is 31.4. The van der Waals surface area contributed by atoms with Crippen LogP contribution in [-0.2, 0) is 4.74 Å². The average Bonchev–Trinajstić information content (AvgIpc) is 1.84. The molecule has 0 aromatic carbocycles. The van der Waals surface area contributed by atoms with Crippen LogP contribution in [0.4, 0.5) is 8.78 Å². The molecular weight excluding hydrogens is 166 g/mol. The first-order chi connectivity index (χ1) is 5.58. The molecule has 0 bridgehead atoms. The van der Waals surface area contributed by atoms with E-state index < -0.39 is 24.4 Å². The van der Waals surface area contributed by atoms with Gasteiger partial charge in [0, 0.05) is 13.0 Å². The maximum absolute atomic E-state index is 13.3. The van der Waals surface area contributed by atoms with E-state index in [-0.39, 0.29) is 13.2 Å².